The van der Waals surface area contributed by atoms with Crippen molar-refractivity contribution >= 4 is 23.4 Å². The van der Waals surface area contributed by atoms with Crippen molar-refractivity contribution < 1.29 is 23.8 Å². The molecule has 0 saturated carbocycles. The third kappa shape index (κ3) is 4.02. The van der Waals surface area contributed by atoms with E-state index >= 15 is 0 Å². The molecule has 5 nitrogen and oxygen atoms in total. The summed E-state index contributed by atoms with van der Waals surface area (Å²) in [5.41, 5.74) is 0.573. The van der Waals surface area contributed by atoms with E-state index in [1.807, 2.05) is 0 Å². The van der Waals surface area contributed by atoms with Gasteiger partial charge in [-0.05, 0) is 30.3 Å². The number of ketones is 1. The number of hydrogen-bond acceptors (Lipinski definition) is 5. The number of esters is 1. The van der Waals surface area contributed by atoms with Crippen molar-refractivity contribution in [1.82, 2.24) is 0 Å². The molecule has 0 amide bonds. The highest BCUT2D eigenvalue weighted by molar-refractivity contribution is 6.33. The molecule has 0 saturated heterocycles. The predicted molar refractivity (Wildman–Crippen MR) is 85.6 cm³/mol. The highest BCUT2D eigenvalue weighted by Gasteiger charge is 2.15. The van der Waals surface area contributed by atoms with E-state index in [9.17, 15) is 9.59 Å². The van der Waals surface area contributed by atoms with Gasteiger partial charge in [0.1, 0.15) is 0 Å². The van der Waals surface area contributed by atoms with E-state index in [4.69, 9.17) is 25.8 Å². The number of ether oxygens (including phenoxy) is 3. The molecule has 2 aromatic carbocycles. The van der Waals surface area contributed by atoms with Crippen LogP contribution in [0, 0.1) is 0 Å². The lowest BCUT2D eigenvalue weighted by Gasteiger charge is -2.09. The molecule has 0 unspecified atom stereocenters. The standard InChI is InChI=1S/C17H15ClO5/c1-21-15-8-7-11(9-16(15)22-2)14(19)10-23-17(20)12-5-3-4-6-13(12)18/h3-9H,10H2,1-2H3. The zero-order chi connectivity index (χ0) is 16.8. The number of methoxy groups -OCH3 is 2. The minimum Gasteiger partial charge on any atom is -0.493 e. The smallest absolute Gasteiger partial charge is 0.340 e. The Bertz CT molecular complexity index is 727. The molecule has 0 heterocycles. The summed E-state index contributed by atoms with van der Waals surface area (Å²) in [6.07, 6.45) is 0. The lowest BCUT2D eigenvalue weighted by Crippen LogP contribution is -2.14. The van der Waals surface area contributed by atoms with E-state index in [0.717, 1.165) is 0 Å². The van der Waals surface area contributed by atoms with Crippen LogP contribution in [-0.4, -0.2) is 32.6 Å². The second-order valence-electron chi connectivity index (χ2n) is 4.55. The van der Waals surface area contributed by atoms with Crippen LogP contribution in [0.1, 0.15) is 20.7 Å². The molecule has 0 fully saturated rings. The van der Waals surface area contributed by atoms with E-state index in [1.165, 1.54) is 26.4 Å². The third-order valence-electron chi connectivity index (χ3n) is 3.13. The molecule has 0 radical (unpaired) electrons. The van der Waals surface area contributed by atoms with Gasteiger partial charge in [-0.1, -0.05) is 23.7 Å². The molecule has 0 bridgehead atoms. The van der Waals surface area contributed by atoms with Gasteiger partial charge in [0.2, 0.25) is 0 Å². The Morgan fingerprint density at radius 3 is 2.35 bits per heavy atom. The minimum absolute atomic E-state index is 0.217. The molecular formula is C17H15ClO5. The van der Waals surface area contributed by atoms with Crippen molar-refractivity contribution in [2.45, 2.75) is 0 Å². The van der Waals surface area contributed by atoms with Gasteiger partial charge in [-0.25, -0.2) is 4.79 Å². The molecule has 23 heavy (non-hydrogen) atoms. The predicted octanol–water partition coefficient (Wildman–Crippen LogP) is 3.40. The van der Waals surface area contributed by atoms with Crippen LogP contribution < -0.4 is 9.47 Å². The van der Waals surface area contributed by atoms with Crippen LogP contribution in [0.25, 0.3) is 0 Å². The summed E-state index contributed by atoms with van der Waals surface area (Å²) in [5.74, 6) is -0.0660. The molecule has 0 spiro atoms. The molecule has 2 aromatic rings. The van der Waals surface area contributed by atoms with Gasteiger partial charge in [-0.3, -0.25) is 4.79 Å². The first-order valence-corrected chi connectivity index (χ1v) is 7.11. The fourth-order valence-electron chi connectivity index (χ4n) is 1.93. The van der Waals surface area contributed by atoms with Crippen molar-refractivity contribution in [2.24, 2.45) is 0 Å². The Kier molecular flexibility index (Phi) is 5.60. The zero-order valence-electron chi connectivity index (χ0n) is 12.7. The van der Waals surface area contributed by atoms with Crippen LogP contribution in [0.2, 0.25) is 5.02 Å². The van der Waals surface area contributed by atoms with Gasteiger partial charge in [0.25, 0.3) is 0 Å². The fraction of sp³-hybridized carbons (Fsp3) is 0.176. The first-order valence-electron chi connectivity index (χ1n) is 6.73. The normalized spacial score (nSPS) is 10.0. The molecule has 0 atom stereocenters. The summed E-state index contributed by atoms with van der Waals surface area (Å²) >= 11 is 5.91. The fourth-order valence-corrected chi connectivity index (χ4v) is 2.14. The van der Waals surface area contributed by atoms with Crippen LogP contribution in [0.3, 0.4) is 0 Å². The van der Waals surface area contributed by atoms with Gasteiger partial charge in [0, 0.05) is 5.56 Å². The van der Waals surface area contributed by atoms with E-state index < -0.39 is 5.97 Å². The highest BCUT2D eigenvalue weighted by Crippen LogP contribution is 2.27. The van der Waals surface area contributed by atoms with Crippen molar-refractivity contribution in [3.63, 3.8) is 0 Å². The Morgan fingerprint density at radius 1 is 1.00 bits per heavy atom. The number of benzene rings is 2. The number of Topliss-reactive ketones (excluding diaryl/α,β-unsaturated/α-hetero) is 1. The monoisotopic (exact) mass is 334 g/mol. The minimum atomic E-state index is -0.649. The molecule has 6 heteroatoms. The average molecular weight is 335 g/mol. The molecular weight excluding hydrogens is 320 g/mol. The number of rotatable bonds is 6. The number of halogens is 1. The maximum atomic E-state index is 12.1. The van der Waals surface area contributed by atoms with Crippen LogP contribution in [0.4, 0.5) is 0 Å². The van der Waals surface area contributed by atoms with Gasteiger partial charge in [-0.2, -0.15) is 0 Å². The van der Waals surface area contributed by atoms with Crippen molar-refractivity contribution in [3.8, 4) is 11.5 Å². The molecule has 0 aliphatic rings. The Hall–Kier alpha value is -2.53. The van der Waals surface area contributed by atoms with Gasteiger partial charge >= 0.3 is 5.97 Å². The summed E-state index contributed by atoms with van der Waals surface area (Å²) in [7, 11) is 2.98. The largest absolute Gasteiger partial charge is 0.493 e. The molecule has 0 aliphatic carbocycles. The topological polar surface area (TPSA) is 61.8 Å². The molecule has 0 aromatic heterocycles. The van der Waals surface area contributed by atoms with Crippen LogP contribution in [-0.2, 0) is 4.74 Å². The average Bonchev–Trinajstić information content (AvgIpc) is 2.59. The lowest BCUT2D eigenvalue weighted by molar-refractivity contribution is 0.0475. The van der Waals surface area contributed by atoms with Crippen molar-refractivity contribution in [1.29, 1.82) is 0 Å². The van der Waals surface area contributed by atoms with E-state index in [0.29, 0.717) is 17.1 Å². The Morgan fingerprint density at radius 2 is 1.70 bits per heavy atom. The molecule has 120 valence electrons. The highest BCUT2D eigenvalue weighted by atomic mass is 35.5. The first kappa shape index (κ1) is 16.8. The van der Waals surface area contributed by atoms with E-state index in [1.54, 1.807) is 30.3 Å². The van der Waals surface area contributed by atoms with Gasteiger partial charge in [0.15, 0.2) is 23.9 Å². The quantitative estimate of drug-likeness (QED) is 0.598. The summed E-state index contributed by atoms with van der Waals surface area (Å²) in [4.78, 5) is 24.0. The summed E-state index contributed by atoms with van der Waals surface area (Å²) in [5, 5.41) is 0.274. The molecule has 2 rings (SSSR count). The Balaban J connectivity index is 2.05. The second-order valence-corrected chi connectivity index (χ2v) is 4.96. The van der Waals surface area contributed by atoms with E-state index in [-0.39, 0.29) is 23.0 Å². The summed E-state index contributed by atoms with van der Waals surface area (Å²) < 4.78 is 15.2. The lowest BCUT2D eigenvalue weighted by atomic mass is 10.1. The van der Waals surface area contributed by atoms with Crippen LogP contribution >= 0.6 is 11.6 Å². The maximum absolute atomic E-state index is 12.1. The molecule has 0 N–H and O–H groups in total. The number of carbonyl (C=O) groups excluding carboxylic acids is 2. The van der Waals surface area contributed by atoms with Crippen molar-refractivity contribution in [2.75, 3.05) is 20.8 Å². The van der Waals surface area contributed by atoms with Crippen LogP contribution in [0.15, 0.2) is 42.5 Å². The van der Waals surface area contributed by atoms with Gasteiger partial charge in [-0.15, -0.1) is 0 Å². The first-order chi connectivity index (χ1) is 11.1. The summed E-state index contributed by atoms with van der Waals surface area (Å²) in [6, 6.07) is 11.2. The number of carbonyl (C=O) groups is 2. The molecule has 0 aliphatic heterocycles. The van der Waals surface area contributed by atoms with E-state index in [2.05, 4.69) is 0 Å². The number of hydrogen-bond donors (Lipinski definition) is 0. The van der Waals surface area contributed by atoms with Gasteiger partial charge in [0.05, 0.1) is 24.8 Å². The Labute approximate surface area is 138 Å². The summed E-state index contributed by atoms with van der Waals surface area (Å²) in [6.45, 7) is -0.389. The van der Waals surface area contributed by atoms with Crippen molar-refractivity contribution in [3.05, 3.63) is 58.6 Å². The zero-order valence-corrected chi connectivity index (χ0v) is 13.4. The van der Waals surface area contributed by atoms with Crippen LogP contribution in [0.5, 0.6) is 11.5 Å². The van der Waals surface area contributed by atoms with Gasteiger partial charge < -0.3 is 14.2 Å². The SMILES string of the molecule is COc1ccc(C(=O)COC(=O)c2ccccc2Cl)cc1OC. The second kappa shape index (κ2) is 7.65. The third-order valence-corrected chi connectivity index (χ3v) is 3.46. The maximum Gasteiger partial charge on any atom is 0.340 e.